The van der Waals surface area contributed by atoms with Crippen LogP contribution in [0.15, 0.2) is 15.6 Å². The molecule has 0 spiro atoms. The summed E-state index contributed by atoms with van der Waals surface area (Å²) in [7, 11) is 0. The Morgan fingerprint density at radius 3 is 3.16 bits per heavy atom. The fourth-order valence-electron chi connectivity index (χ4n) is 2.20. The molecule has 1 atom stereocenters. The molecule has 1 aliphatic carbocycles. The smallest absolute Gasteiger partial charge is 0.197 e. The van der Waals surface area contributed by atoms with E-state index in [0.717, 1.165) is 24.7 Å². The van der Waals surface area contributed by atoms with Gasteiger partial charge in [-0.25, -0.2) is 9.98 Å². The summed E-state index contributed by atoms with van der Waals surface area (Å²) < 4.78 is 11.1. The van der Waals surface area contributed by atoms with Crippen LogP contribution in [-0.2, 0) is 11.3 Å². The largest absolute Gasteiger partial charge is 0.443 e. The van der Waals surface area contributed by atoms with Crippen LogP contribution in [-0.4, -0.2) is 41.6 Å². The lowest BCUT2D eigenvalue weighted by atomic mass is 10.3. The number of hydrogen-bond donors (Lipinski definition) is 1. The Bertz CT molecular complexity index is 467. The van der Waals surface area contributed by atoms with Crippen molar-refractivity contribution in [3.8, 4) is 0 Å². The van der Waals surface area contributed by atoms with Gasteiger partial charge in [-0.2, -0.15) is 0 Å². The molecule has 1 aromatic heterocycles. The predicted molar refractivity (Wildman–Crippen MR) is 70.8 cm³/mol. The highest BCUT2D eigenvalue weighted by atomic mass is 16.5. The minimum absolute atomic E-state index is 0.203. The number of guanidine groups is 1. The molecule has 0 amide bonds. The highest BCUT2D eigenvalue weighted by Gasteiger charge is 2.28. The maximum atomic E-state index is 6.00. The minimum atomic E-state index is 0.203. The van der Waals surface area contributed by atoms with E-state index in [4.69, 9.17) is 14.9 Å². The third-order valence-corrected chi connectivity index (χ3v) is 3.46. The van der Waals surface area contributed by atoms with Gasteiger partial charge in [0.2, 0.25) is 0 Å². The van der Waals surface area contributed by atoms with Crippen molar-refractivity contribution in [1.82, 2.24) is 9.88 Å². The van der Waals surface area contributed by atoms with E-state index in [1.54, 1.807) is 6.20 Å². The molecule has 0 aromatic carbocycles. The number of nitrogens with two attached hydrogens (primary N) is 1. The molecule has 6 heteroatoms. The van der Waals surface area contributed by atoms with Gasteiger partial charge >= 0.3 is 0 Å². The van der Waals surface area contributed by atoms with Crippen LogP contribution in [0.3, 0.4) is 0 Å². The molecule has 1 unspecified atom stereocenters. The van der Waals surface area contributed by atoms with E-state index in [9.17, 15) is 0 Å². The van der Waals surface area contributed by atoms with Gasteiger partial charge in [0.25, 0.3) is 0 Å². The molecule has 19 heavy (non-hydrogen) atoms. The Balaban J connectivity index is 1.57. The molecule has 1 saturated carbocycles. The van der Waals surface area contributed by atoms with Crippen molar-refractivity contribution in [2.75, 3.05) is 19.7 Å². The van der Waals surface area contributed by atoms with Gasteiger partial charge < -0.3 is 19.8 Å². The number of nitrogens with zero attached hydrogens (tertiary/aromatic N) is 3. The van der Waals surface area contributed by atoms with Crippen LogP contribution in [0.2, 0.25) is 0 Å². The van der Waals surface area contributed by atoms with Crippen molar-refractivity contribution in [1.29, 1.82) is 0 Å². The fourth-order valence-corrected chi connectivity index (χ4v) is 2.20. The molecular formula is C13H20N4O2. The highest BCUT2D eigenvalue weighted by Crippen LogP contribution is 2.39. The number of aliphatic imine (C=N–C) groups is 1. The van der Waals surface area contributed by atoms with E-state index in [1.165, 1.54) is 12.8 Å². The van der Waals surface area contributed by atoms with Crippen LogP contribution in [0.5, 0.6) is 0 Å². The summed E-state index contributed by atoms with van der Waals surface area (Å²) in [6, 6.07) is 0. The second-order valence-electron chi connectivity index (χ2n) is 5.24. The Kier molecular flexibility index (Phi) is 3.42. The molecule has 0 bridgehead atoms. The van der Waals surface area contributed by atoms with Gasteiger partial charge in [0.05, 0.1) is 18.9 Å². The molecule has 104 valence electrons. The number of hydrogen-bond acceptors (Lipinski definition) is 4. The van der Waals surface area contributed by atoms with E-state index in [0.29, 0.717) is 25.0 Å². The lowest BCUT2D eigenvalue weighted by Gasteiger charge is -2.31. The SMILES string of the molecule is CC1CN(C(N)=NCc2cnc(C3CC3)o2)CCO1. The quantitative estimate of drug-likeness (QED) is 0.653. The zero-order valence-electron chi connectivity index (χ0n) is 11.2. The Morgan fingerprint density at radius 2 is 2.42 bits per heavy atom. The van der Waals surface area contributed by atoms with Crippen molar-refractivity contribution in [3.05, 3.63) is 17.8 Å². The monoisotopic (exact) mass is 264 g/mol. The first-order valence-corrected chi connectivity index (χ1v) is 6.83. The zero-order chi connectivity index (χ0) is 13.2. The third-order valence-electron chi connectivity index (χ3n) is 3.46. The van der Waals surface area contributed by atoms with Gasteiger partial charge in [-0.3, -0.25) is 0 Å². The number of rotatable bonds is 3. The minimum Gasteiger partial charge on any atom is -0.443 e. The average molecular weight is 264 g/mol. The van der Waals surface area contributed by atoms with Gasteiger partial charge in [0.1, 0.15) is 12.3 Å². The Morgan fingerprint density at radius 1 is 1.58 bits per heavy atom. The topological polar surface area (TPSA) is 76.9 Å². The summed E-state index contributed by atoms with van der Waals surface area (Å²) in [6.45, 7) is 4.78. The summed E-state index contributed by atoms with van der Waals surface area (Å²) in [6.07, 6.45) is 4.34. The van der Waals surface area contributed by atoms with E-state index in [2.05, 4.69) is 9.98 Å². The molecule has 2 N–H and O–H groups in total. The third kappa shape index (κ3) is 3.07. The maximum absolute atomic E-state index is 6.00. The van der Waals surface area contributed by atoms with Gasteiger partial charge in [-0.05, 0) is 19.8 Å². The maximum Gasteiger partial charge on any atom is 0.197 e. The van der Waals surface area contributed by atoms with Crippen LogP contribution >= 0.6 is 0 Å². The van der Waals surface area contributed by atoms with Gasteiger partial charge in [-0.1, -0.05) is 0 Å². The van der Waals surface area contributed by atoms with Crippen LogP contribution in [0.25, 0.3) is 0 Å². The molecule has 0 radical (unpaired) electrons. The van der Waals surface area contributed by atoms with Crippen molar-refractivity contribution < 1.29 is 9.15 Å². The van der Waals surface area contributed by atoms with Crippen molar-refractivity contribution in [2.24, 2.45) is 10.7 Å². The van der Waals surface area contributed by atoms with E-state index >= 15 is 0 Å². The van der Waals surface area contributed by atoms with Gasteiger partial charge in [0, 0.05) is 19.0 Å². The van der Waals surface area contributed by atoms with Crippen molar-refractivity contribution in [2.45, 2.75) is 38.3 Å². The Labute approximate surface area is 112 Å². The number of ether oxygens (including phenoxy) is 1. The van der Waals surface area contributed by atoms with Crippen LogP contribution in [0.4, 0.5) is 0 Å². The number of oxazole rings is 1. The molecule has 2 fully saturated rings. The summed E-state index contributed by atoms with van der Waals surface area (Å²) in [5.74, 6) is 2.73. The first kappa shape index (κ1) is 12.5. The average Bonchev–Trinajstić information content (AvgIpc) is 3.15. The van der Waals surface area contributed by atoms with E-state index in [1.807, 2.05) is 11.8 Å². The normalized spacial score (nSPS) is 24.8. The number of morpholine rings is 1. The standard InChI is InChI=1S/C13H20N4O2/c1-9-8-17(4-5-18-9)13(14)16-7-11-6-15-12(19-11)10-2-3-10/h6,9-10H,2-5,7-8H2,1H3,(H2,14,16). The first-order chi connectivity index (χ1) is 9.22. The van der Waals surface area contributed by atoms with Crippen molar-refractivity contribution in [3.63, 3.8) is 0 Å². The van der Waals surface area contributed by atoms with Crippen LogP contribution < -0.4 is 5.73 Å². The second-order valence-corrected chi connectivity index (χ2v) is 5.24. The lowest BCUT2D eigenvalue weighted by Crippen LogP contribution is -2.47. The molecule has 1 aromatic rings. The first-order valence-electron chi connectivity index (χ1n) is 6.83. The zero-order valence-corrected chi connectivity index (χ0v) is 11.2. The summed E-state index contributed by atoms with van der Waals surface area (Å²) >= 11 is 0. The molecule has 6 nitrogen and oxygen atoms in total. The van der Waals surface area contributed by atoms with Gasteiger partial charge in [0.15, 0.2) is 11.9 Å². The van der Waals surface area contributed by atoms with Crippen LogP contribution in [0.1, 0.15) is 37.3 Å². The van der Waals surface area contributed by atoms with E-state index in [-0.39, 0.29) is 6.10 Å². The summed E-state index contributed by atoms with van der Waals surface area (Å²) in [4.78, 5) is 10.7. The summed E-state index contributed by atoms with van der Waals surface area (Å²) in [5.41, 5.74) is 6.00. The summed E-state index contributed by atoms with van der Waals surface area (Å²) in [5, 5.41) is 0. The molecule has 2 heterocycles. The molecule has 1 aliphatic heterocycles. The highest BCUT2D eigenvalue weighted by molar-refractivity contribution is 5.78. The van der Waals surface area contributed by atoms with E-state index < -0.39 is 0 Å². The predicted octanol–water partition coefficient (Wildman–Crippen LogP) is 1.09. The Hall–Kier alpha value is -1.56. The number of aromatic nitrogens is 1. The molecule has 2 aliphatic rings. The molecule has 3 rings (SSSR count). The molecular weight excluding hydrogens is 244 g/mol. The van der Waals surface area contributed by atoms with Crippen molar-refractivity contribution >= 4 is 5.96 Å². The second kappa shape index (κ2) is 5.21. The van der Waals surface area contributed by atoms with Gasteiger partial charge in [-0.15, -0.1) is 0 Å². The van der Waals surface area contributed by atoms with Crippen LogP contribution in [0, 0.1) is 0 Å². The molecule has 1 saturated heterocycles. The lowest BCUT2D eigenvalue weighted by molar-refractivity contribution is 0.00528. The fraction of sp³-hybridized carbons (Fsp3) is 0.692.